The van der Waals surface area contributed by atoms with Crippen LogP contribution in [0.2, 0.25) is 0 Å². The number of hydrogen-bond acceptors (Lipinski definition) is 7. The first-order chi connectivity index (χ1) is 14.4. The molecule has 0 atom stereocenters. The number of amides is 1. The Morgan fingerprint density at radius 2 is 1.87 bits per heavy atom. The molecular formula is C19H10Br2N4O4S. The molecule has 0 N–H and O–H groups in total. The van der Waals surface area contributed by atoms with Crippen LogP contribution in [0.25, 0.3) is 10.2 Å². The summed E-state index contributed by atoms with van der Waals surface area (Å²) < 4.78 is 7.71. The fraction of sp³-hybridized carbons (Fsp3) is 0. The Morgan fingerprint density at radius 3 is 2.57 bits per heavy atom. The van der Waals surface area contributed by atoms with Crippen LogP contribution in [0.4, 0.5) is 11.0 Å². The number of rotatable bonds is 5. The van der Waals surface area contributed by atoms with E-state index < -0.39 is 16.7 Å². The van der Waals surface area contributed by atoms with Crippen molar-refractivity contribution in [3.05, 3.63) is 85.0 Å². The van der Waals surface area contributed by atoms with Gasteiger partial charge in [0.05, 0.1) is 22.5 Å². The van der Waals surface area contributed by atoms with E-state index in [9.17, 15) is 14.9 Å². The van der Waals surface area contributed by atoms with E-state index in [1.165, 1.54) is 23.6 Å². The zero-order chi connectivity index (χ0) is 21.3. The number of thiazole rings is 1. The number of carbonyl (C=O) groups excluding carboxylic acids is 1. The normalized spacial score (nSPS) is 11.3. The first-order valence-corrected chi connectivity index (χ1v) is 10.8. The number of anilines is 1. The van der Waals surface area contributed by atoms with Crippen LogP contribution in [0, 0.1) is 10.1 Å². The first kappa shape index (κ1) is 20.4. The van der Waals surface area contributed by atoms with Crippen LogP contribution >= 0.6 is 43.2 Å². The van der Waals surface area contributed by atoms with Crippen LogP contribution in [-0.4, -0.2) is 22.0 Å². The summed E-state index contributed by atoms with van der Waals surface area (Å²) in [5, 5.41) is 16.6. The first-order valence-electron chi connectivity index (χ1n) is 8.35. The highest BCUT2D eigenvalue weighted by atomic mass is 79.9. The minimum Gasteiger partial charge on any atom is -0.395 e. The molecular weight excluding hydrogens is 540 g/mol. The fourth-order valence-electron chi connectivity index (χ4n) is 2.48. The average molecular weight is 550 g/mol. The lowest BCUT2D eigenvalue weighted by Gasteiger charge is -2.11. The van der Waals surface area contributed by atoms with E-state index in [2.05, 4.69) is 41.9 Å². The molecule has 150 valence electrons. The highest BCUT2D eigenvalue weighted by Crippen LogP contribution is 2.32. The minimum atomic E-state index is -0.707. The number of nitro groups is 1. The van der Waals surface area contributed by atoms with Crippen LogP contribution in [-0.2, 0) is 0 Å². The molecule has 11 heteroatoms. The quantitative estimate of drug-likeness (QED) is 0.172. The molecule has 8 nitrogen and oxygen atoms in total. The molecule has 0 bridgehead atoms. The van der Waals surface area contributed by atoms with E-state index in [0.29, 0.717) is 10.6 Å². The molecule has 0 aliphatic heterocycles. The molecule has 0 radical (unpaired) electrons. The molecule has 0 fully saturated rings. The van der Waals surface area contributed by atoms with Gasteiger partial charge in [0.25, 0.3) is 0 Å². The van der Waals surface area contributed by atoms with Gasteiger partial charge in [-0.3, -0.25) is 14.9 Å². The van der Waals surface area contributed by atoms with Crippen molar-refractivity contribution < 1.29 is 14.1 Å². The largest absolute Gasteiger partial charge is 0.433 e. The van der Waals surface area contributed by atoms with E-state index >= 15 is 0 Å². The SMILES string of the molecule is O=C(c1ccc([N+](=O)[O-])o1)N(/N=C/c1ccc(Br)cc1)c1nc2ccc(Br)cc2s1. The lowest BCUT2D eigenvalue weighted by Crippen LogP contribution is -2.25. The summed E-state index contributed by atoms with van der Waals surface area (Å²) in [6.45, 7) is 0. The Labute approximate surface area is 190 Å². The Morgan fingerprint density at radius 1 is 1.13 bits per heavy atom. The molecule has 0 saturated heterocycles. The Hall–Kier alpha value is -2.89. The van der Waals surface area contributed by atoms with Gasteiger partial charge in [-0.2, -0.15) is 10.1 Å². The van der Waals surface area contributed by atoms with Crippen LogP contribution in [0.5, 0.6) is 0 Å². The maximum atomic E-state index is 13.0. The van der Waals surface area contributed by atoms with Crippen molar-refractivity contribution in [3.8, 4) is 0 Å². The Balaban J connectivity index is 1.75. The fourth-order valence-corrected chi connectivity index (χ4v) is 4.22. The monoisotopic (exact) mass is 548 g/mol. The van der Waals surface area contributed by atoms with Crippen molar-refractivity contribution in [2.24, 2.45) is 5.10 Å². The molecule has 2 aromatic heterocycles. The van der Waals surface area contributed by atoms with Gasteiger partial charge < -0.3 is 4.42 Å². The second kappa shape index (κ2) is 8.46. The number of aromatic nitrogens is 1. The number of benzene rings is 2. The molecule has 0 unspecified atom stereocenters. The van der Waals surface area contributed by atoms with Crippen LogP contribution in [0.15, 0.2) is 73.1 Å². The maximum Gasteiger partial charge on any atom is 0.433 e. The van der Waals surface area contributed by atoms with Gasteiger partial charge in [-0.1, -0.05) is 55.3 Å². The van der Waals surface area contributed by atoms with Crippen molar-refractivity contribution in [1.29, 1.82) is 0 Å². The molecule has 2 aromatic carbocycles. The summed E-state index contributed by atoms with van der Waals surface area (Å²) in [6, 6.07) is 15.3. The van der Waals surface area contributed by atoms with E-state index in [0.717, 1.165) is 30.3 Å². The summed E-state index contributed by atoms with van der Waals surface area (Å²) in [5.74, 6) is -1.41. The molecule has 4 rings (SSSR count). The number of hydrazone groups is 1. The van der Waals surface area contributed by atoms with E-state index in [1.807, 2.05) is 42.5 Å². The van der Waals surface area contributed by atoms with E-state index in [1.54, 1.807) is 0 Å². The lowest BCUT2D eigenvalue weighted by atomic mass is 10.2. The van der Waals surface area contributed by atoms with Crippen LogP contribution in [0.3, 0.4) is 0 Å². The van der Waals surface area contributed by atoms with Crippen molar-refractivity contribution in [2.45, 2.75) is 0 Å². The maximum absolute atomic E-state index is 13.0. The van der Waals surface area contributed by atoms with Crippen LogP contribution < -0.4 is 5.01 Å². The van der Waals surface area contributed by atoms with Crippen molar-refractivity contribution in [1.82, 2.24) is 4.98 Å². The number of furan rings is 1. The summed E-state index contributed by atoms with van der Waals surface area (Å²) >= 11 is 8.04. The molecule has 0 aliphatic rings. The van der Waals surface area contributed by atoms with Gasteiger partial charge in [0.1, 0.15) is 4.92 Å². The second-order valence-electron chi connectivity index (χ2n) is 5.92. The average Bonchev–Trinajstić information content (AvgIpc) is 3.36. The van der Waals surface area contributed by atoms with Gasteiger partial charge in [0.2, 0.25) is 10.9 Å². The third-order valence-electron chi connectivity index (χ3n) is 3.89. The Bertz CT molecular complexity index is 1280. The van der Waals surface area contributed by atoms with Gasteiger partial charge in [-0.05, 0) is 42.0 Å². The molecule has 30 heavy (non-hydrogen) atoms. The molecule has 0 saturated carbocycles. The Kier molecular flexibility index (Phi) is 5.75. The van der Waals surface area contributed by atoms with Gasteiger partial charge >= 0.3 is 11.8 Å². The summed E-state index contributed by atoms with van der Waals surface area (Å²) in [7, 11) is 0. The van der Waals surface area contributed by atoms with Crippen molar-refractivity contribution in [3.63, 3.8) is 0 Å². The molecule has 0 spiro atoms. The highest BCUT2D eigenvalue weighted by molar-refractivity contribution is 9.10. The predicted octanol–water partition coefficient (Wildman–Crippen LogP) is 6.00. The number of carbonyl (C=O) groups is 1. The van der Waals surface area contributed by atoms with Gasteiger partial charge in [0, 0.05) is 8.95 Å². The molecule has 1 amide bonds. The van der Waals surface area contributed by atoms with Crippen LogP contribution in [0.1, 0.15) is 16.1 Å². The number of fused-ring (bicyclic) bond motifs is 1. The second-order valence-corrected chi connectivity index (χ2v) is 8.76. The van der Waals surface area contributed by atoms with E-state index in [4.69, 9.17) is 4.42 Å². The van der Waals surface area contributed by atoms with E-state index in [-0.39, 0.29) is 5.76 Å². The van der Waals surface area contributed by atoms with Gasteiger partial charge in [-0.15, -0.1) is 0 Å². The number of nitrogens with zero attached hydrogens (tertiary/aromatic N) is 4. The standard InChI is InChI=1S/C19H10Br2N4O4S/c20-12-3-1-11(2-4-12)10-22-24(18(26)15-7-8-17(29-15)25(27)28)19-23-14-6-5-13(21)9-16(14)30-19/h1-10H/b22-10+. The highest BCUT2D eigenvalue weighted by Gasteiger charge is 2.26. The van der Waals surface area contributed by atoms with Gasteiger partial charge in [-0.25, -0.2) is 4.98 Å². The summed E-state index contributed by atoms with van der Waals surface area (Å²) in [4.78, 5) is 27.7. The summed E-state index contributed by atoms with van der Waals surface area (Å²) in [5.41, 5.74) is 1.45. The lowest BCUT2D eigenvalue weighted by molar-refractivity contribution is -0.402. The molecule has 2 heterocycles. The zero-order valence-electron chi connectivity index (χ0n) is 14.9. The topological polar surface area (TPSA) is 102 Å². The third-order valence-corrected chi connectivity index (χ3v) is 5.90. The third kappa shape index (κ3) is 4.32. The minimum absolute atomic E-state index is 0.213. The van der Waals surface area contributed by atoms with Crippen molar-refractivity contribution in [2.75, 3.05) is 5.01 Å². The smallest absolute Gasteiger partial charge is 0.395 e. The molecule has 4 aromatic rings. The molecule has 0 aliphatic carbocycles. The number of halogens is 2. The predicted molar refractivity (Wildman–Crippen MR) is 121 cm³/mol. The summed E-state index contributed by atoms with van der Waals surface area (Å²) in [6.07, 6.45) is 1.50. The number of hydrogen-bond donors (Lipinski definition) is 0. The zero-order valence-corrected chi connectivity index (χ0v) is 18.8. The van der Waals surface area contributed by atoms with Crippen molar-refractivity contribution >= 4 is 76.6 Å². The van der Waals surface area contributed by atoms with Gasteiger partial charge in [0.15, 0.2) is 0 Å².